The van der Waals surface area contributed by atoms with Crippen molar-refractivity contribution in [3.05, 3.63) is 78.4 Å². The number of likely N-dealkylation sites (N-methyl/N-ethyl adjacent to an activating group) is 1. The highest BCUT2D eigenvalue weighted by molar-refractivity contribution is 7.94. The molecule has 0 aromatic heterocycles. The first-order valence-electron chi connectivity index (χ1n) is 10.3. The highest BCUT2D eigenvalue weighted by Gasteiger charge is 2.28. The zero-order valence-electron chi connectivity index (χ0n) is 17.9. The summed E-state index contributed by atoms with van der Waals surface area (Å²) in [6.07, 6.45) is 7.09. The monoisotopic (exact) mass is 463 g/mol. The van der Waals surface area contributed by atoms with Gasteiger partial charge in [0.15, 0.2) is 0 Å². The van der Waals surface area contributed by atoms with E-state index in [9.17, 15) is 17.2 Å². The molecule has 0 saturated heterocycles. The minimum absolute atomic E-state index is 0.256. The van der Waals surface area contributed by atoms with Crippen LogP contribution in [0.15, 0.2) is 61.2 Å². The molecule has 0 aliphatic carbocycles. The molecule has 1 heterocycles. The van der Waals surface area contributed by atoms with E-state index in [2.05, 4.69) is 16.2 Å². The van der Waals surface area contributed by atoms with Crippen molar-refractivity contribution < 1.29 is 21.9 Å². The third kappa shape index (κ3) is 6.08. The van der Waals surface area contributed by atoms with Gasteiger partial charge in [-0.25, -0.2) is 8.78 Å². The summed E-state index contributed by atoms with van der Waals surface area (Å²) in [7, 11) is -2.08. The summed E-state index contributed by atoms with van der Waals surface area (Å²) in [6, 6.07) is 7.92. The average Bonchev–Trinajstić information content (AvgIpc) is 2.75. The zero-order chi connectivity index (χ0) is 23.1. The summed E-state index contributed by atoms with van der Waals surface area (Å²) < 4.78 is 62.0. The van der Waals surface area contributed by atoms with Gasteiger partial charge in [0, 0.05) is 25.7 Å². The Labute approximate surface area is 188 Å². The molecular weight excluding hydrogens is 436 g/mol. The van der Waals surface area contributed by atoms with Gasteiger partial charge in [-0.1, -0.05) is 18.2 Å². The van der Waals surface area contributed by atoms with Crippen LogP contribution in [0.5, 0.6) is 5.75 Å². The van der Waals surface area contributed by atoms with Gasteiger partial charge < -0.3 is 4.74 Å². The van der Waals surface area contributed by atoms with E-state index in [1.807, 2.05) is 31.3 Å². The number of rotatable bonds is 10. The van der Waals surface area contributed by atoms with Crippen LogP contribution in [0, 0.1) is 11.6 Å². The second-order valence-electron chi connectivity index (χ2n) is 7.49. The predicted molar refractivity (Wildman–Crippen MR) is 123 cm³/mol. The Hall–Kier alpha value is -2.91. The number of nitrogens with zero attached hydrogens (tertiary/aromatic N) is 2. The van der Waals surface area contributed by atoms with Crippen LogP contribution in [-0.4, -0.2) is 46.6 Å². The second-order valence-corrected chi connectivity index (χ2v) is 9.08. The van der Waals surface area contributed by atoms with Crippen molar-refractivity contribution >= 4 is 21.6 Å². The summed E-state index contributed by atoms with van der Waals surface area (Å²) in [5.74, 6) is -1.11. The largest absolute Gasteiger partial charge is 0.490 e. The van der Waals surface area contributed by atoms with Crippen LogP contribution in [0.4, 0.5) is 20.2 Å². The highest BCUT2D eigenvalue weighted by Crippen LogP contribution is 2.33. The first-order valence-corrected chi connectivity index (χ1v) is 11.7. The van der Waals surface area contributed by atoms with E-state index in [0.717, 1.165) is 30.8 Å². The lowest BCUT2D eigenvalue weighted by Gasteiger charge is -2.31. The Bertz CT molecular complexity index is 1090. The Balaban J connectivity index is 1.67. The van der Waals surface area contributed by atoms with Crippen molar-refractivity contribution in [2.24, 2.45) is 0 Å². The van der Waals surface area contributed by atoms with Gasteiger partial charge in [0.25, 0.3) is 0 Å². The van der Waals surface area contributed by atoms with Crippen molar-refractivity contribution in [3.8, 4) is 5.75 Å². The SMILES string of the molecule is C=CCN(C)CC=CCOc1ccc2c(c1)CCCN2S(=O)(=O)Nc1ccc(F)cc1F. The maximum atomic E-state index is 13.9. The smallest absolute Gasteiger partial charge is 0.324 e. The van der Waals surface area contributed by atoms with Crippen molar-refractivity contribution in [2.45, 2.75) is 12.8 Å². The molecule has 6 nitrogen and oxygen atoms in total. The molecule has 2 aromatic rings. The molecule has 1 aliphatic heterocycles. The van der Waals surface area contributed by atoms with Crippen LogP contribution in [0.1, 0.15) is 12.0 Å². The molecule has 1 aliphatic rings. The van der Waals surface area contributed by atoms with E-state index in [1.165, 1.54) is 4.31 Å². The lowest BCUT2D eigenvalue weighted by molar-refractivity contribution is 0.360. The van der Waals surface area contributed by atoms with E-state index >= 15 is 0 Å². The third-order valence-corrected chi connectivity index (χ3v) is 6.40. The van der Waals surface area contributed by atoms with E-state index in [-0.39, 0.29) is 12.2 Å². The maximum absolute atomic E-state index is 13.9. The number of fused-ring (bicyclic) bond motifs is 1. The zero-order valence-corrected chi connectivity index (χ0v) is 18.7. The Morgan fingerprint density at radius 2 is 2.00 bits per heavy atom. The number of hydrogen-bond donors (Lipinski definition) is 1. The number of anilines is 2. The van der Waals surface area contributed by atoms with E-state index < -0.39 is 21.8 Å². The summed E-state index contributed by atoms with van der Waals surface area (Å²) in [5, 5.41) is 0. The fourth-order valence-electron chi connectivity index (χ4n) is 3.41. The van der Waals surface area contributed by atoms with Gasteiger partial charge in [0.1, 0.15) is 24.0 Å². The number of benzene rings is 2. The summed E-state index contributed by atoms with van der Waals surface area (Å²) in [5.41, 5.74) is 1.04. The number of nitrogens with one attached hydrogen (secondary N) is 1. The molecule has 0 radical (unpaired) electrons. The standard InChI is InChI=1S/C23H27F2N3O3S/c1-3-12-27(2)13-4-5-15-31-20-9-11-23-18(16-20)7-6-14-28(23)32(29,30)26-22-10-8-19(24)17-21(22)25/h3-5,8-11,16-17,26H,1,6-7,12-15H2,2H3. The molecule has 32 heavy (non-hydrogen) atoms. The molecule has 172 valence electrons. The topological polar surface area (TPSA) is 61.9 Å². The Morgan fingerprint density at radius 1 is 1.19 bits per heavy atom. The summed E-state index contributed by atoms with van der Waals surface area (Å²) in [4.78, 5) is 2.10. The molecule has 0 spiro atoms. The molecule has 0 saturated carbocycles. The number of halogens is 2. The second kappa shape index (κ2) is 10.6. The fourth-order valence-corrected chi connectivity index (χ4v) is 4.77. The van der Waals surface area contributed by atoms with Gasteiger partial charge in [-0.15, -0.1) is 6.58 Å². The van der Waals surface area contributed by atoms with Gasteiger partial charge in [0.05, 0.1) is 11.4 Å². The highest BCUT2D eigenvalue weighted by atomic mass is 32.2. The number of aryl methyl sites for hydroxylation is 1. The van der Waals surface area contributed by atoms with Gasteiger partial charge in [-0.3, -0.25) is 13.9 Å². The average molecular weight is 464 g/mol. The van der Waals surface area contributed by atoms with Crippen molar-refractivity contribution in [1.29, 1.82) is 0 Å². The minimum atomic E-state index is -4.08. The van der Waals surface area contributed by atoms with Crippen LogP contribution in [-0.2, 0) is 16.6 Å². The van der Waals surface area contributed by atoms with Crippen LogP contribution in [0.25, 0.3) is 0 Å². The van der Waals surface area contributed by atoms with Crippen LogP contribution >= 0.6 is 0 Å². The molecule has 0 unspecified atom stereocenters. The van der Waals surface area contributed by atoms with Crippen molar-refractivity contribution in [2.75, 3.05) is 42.3 Å². The molecule has 2 aromatic carbocycles. The quantitative estimate of drug-likeness (QED) is 0.539. The van der Waals surface area contributed by atoms with E-state index in [1.54, 1.807) is 12.1 Å². The minimum Gasteiger partial charge on any atom is -0.490 e. The first-order chi connectivity index (χ1) is 15.3. The Morgan fingerprint density at radius 3 is 2.75 bits per heavy atom. The van der Waals surface area contributed by atoms with Crippen molar-refractivity contribution in [1.82, 2.24) is 4.90 Å². The lowest BCUT2D eigenvalue weighted by Crippen LogP contribution is -2.39. The molecule has 1 N–H and O–H groups in total. The van der Waals surface area contributed by atoms with Gasteiger partial charge in [-0.05, 0) is 55.8 Å². The van der Waals surface area contributed by atoms with Gasteiger partial charge >= 0.3 is 10.2 Å². The normalized spacial score (nSPS) is 13.9. The van der Waals surface area contributed by atoms with Gasteiger partial charge in [-0.2, -0.15) is 8.42 Å². The number of hydrogen-bond acceptors (Lipinski definition) is 4. The van der Waals surface area contributed by atoms with E-state index in [0.29, 0.717) is 37.0 Å². The Kier molecular flexibility index (Phi) is 7.87. The molecule has 0 fully saturated rings. The molecule has 0 bridgehead atoms. The van der Waals surface area contributed by atoms with Crippen LogP contribution in [0.2, 0.25) is 0 Å². The van der Waals surface area contributed by atoms with Crippen LogP contribution in [0.3, 0.4) is 0 Å². The van der Waals surface area contributed by atoms with Gasteiger partial charge in [0.2, 0.25) is 0 Å². The molecular formula is C23H27F2N3O3S. The predicted octanol–water partition coefficient (Wildman–Crippen LogP) is 4.13. The summed E-state index contributed by atoms with van der Waals surface area (Å²) in [6.45, 7) is 5.94. The fraction of sp³-hybridized carbons (Fsp3) is 0.304. The lowest BCUT2D eigenvalue weighted by atomic mass is 10.0. The third-order valence-electron chi connectivity index (χ3n) is 4.96. The van der Waals surface area contributed by atoms with Crippen LogP contribution < -0.4 is 13.8 Å². The molecule has 3 rings (SSSR count). The number of ether oxygens (including phenoxy) is 1. The maximum Gasteiger partial charge on any atom is 0.324 e. The molecule has 0 amide bonds. The molecule has 9 heteroatoms. The first kappa shape index (κ1) is 23.7. The van der Waals surface area contributed by atoms with Crippen molar-refractivity contribution in [3.63, 3.8) is 0 Å². The van der Waals surface area contributed by atoms with E-state index in [4.69, 9.17) is 4.74 Å². The molecule has 0 atom stereocenters. The summed E-state index contributed by atoms with van der Waals surface area (Å²) >= 11 is 0.